The summed E-state index contributed by atoms with van der Waals surface area (Å²) in [5.74, 6) is -1.33. The van der Waals surface area contributed by atoms with Crippen molar-refractivity contribution in [3.63, 3.8) is 0 Å². The molecule has 1 aliphatic heterocycles. The van der Waals surface area contributed by atoms with E-state index in [9.17, 15) is 18.8 Å². The number of anilines is 1. The molecule has 2 heterocycles. The summed E-state index contributed by atoms with van der Waals surface area (Å²) in [6.45, 7) is 3.63. The molecule has 0 aliphatic carbocycles. The van der Waals surface area contributed by atoms with Crippen LogP contribution in [0.4, 0.5) is 14.9 Å². The van der Waals surface area contributed by atoms with Crippen LogP contribution in [0.3, 0.4) is 0 Å². The van der Waals surface area contributed by atoms with Crippen LogP contribution in [0.15, 0.2) is 86.9 Å². The maximum atomic E-state index is 13.9. The second-order valence-corrected chi connectivity index (χ2v) is 10.0. The van der Waals surface area contributed by atoms with Crippen molar-refractivity contribution in [1.29, 1.82) is 0 Å². The predicted octanol–water partition coefficient (Wildman–Crippen LogP) is 5.46. The van der Waals surface area contributed by atoms with E-state index in [1.165, 1.54) is 28.0 Å². The van der Waals surface area contributed by atoms with E-state index in [-0.39, 0.29) is 12.2 Å². The number of nitrogens with zero attached hydrogens (tertiary/aromatic N) is 4. The Balaban J connectivity index is 1.67. The quantitative estimate of drug-likeness (QED) is 0.335. The average Bonchev–Trinajstić information content (AvgIpc) is 3.24. The van der Waals surface area contributed by atoms with E-state index in [4.69, 9.17) is 27.7 Å². The number of rotatable bonds is 5. The summed E-state index contributed by atoms with van der Waals surface area (Å²) >= 11 is 12.3. The van der Waals surface area contributed by atoms with Crippen molar-refractivity contribution in [2.75, 3.05) is 4.90 Å². The van der Waals surface area contributed by atoms with Crippen LogP contribution in [0.5, 0.6) is 0 Å². The molecule has 11 heteroatoms. The highest BCUT2D eigenvalue weighted by Gasteiger charge is 2.55. The predicted molar refractivity (Wildman–Crippen MR) is 138 cm³/mol. The number of urea groups is 1. The Hall–Kier alpha value is -3.82. The zero-order valence-corrected chi connectivity index (χ0v) is 21.3. The van der Waals surface area contributed by atoms with Gasteiger partial charge in [-0.1, -0.05) is 47.5 Å². The van der Waals surface area contributed by atoms with E-state index < -0.39 is 35.0 Å². The molecule has 4 aromatic rings. The Labute approximate surface area is 220 Å². The first kappa shape index (κ1) is 24.9. The topological polar surface area (TPSA) is 80.7 Å². The van der Waals surface area contributed by atoms with Crippen molar-refractivity contribution >= 4 is 34.9 Å². The smallest absolute Gasteiger partial charge is 0.314 e. The Morgan fingerprint density at radius 3 is 2.11 bits per heavy atom. The minimum Gasteiger partial charge on any atom is -0.314 e. The lowest BCUT2D eigenvalue weighted by atomic mass is 9.99. The molecule has 0 bridgehead atoms. The van der Waals surface area contributed by atoms with E-state index >= 15 is 0 Å². The number of hydrogen-bond acceptors (Lipinski definition) is 4. The minimum absolute atomic E-state index is 0.119. The van der Waals surface area contributed by atoms with Crippen LogP contribution < -0.4 is 16.3 Å². The number of halogens is 3. The van der Waals surface area contributed by atoms with E-state index in [0.717, 1.165) is 9.31 Å². The minimum atomic E-state index is -1.08. The van der Waals surface area contributed by atoms with Crippen molar-refractivity contribution < 1.29 is 13.7 Å². The fourth-order valence-corrected chi connectivity index (χ4v) is 4.95. The lowest BCUT2D eigenvalue weighted by molar-refractivity contribution is 0.0931. The maximum Gasteiger partial charge on any atom is 0.447 e. The van der Waals surface area contributed by atoms with E-state index in [1.807, 2.05) is 0 Å². The molecule has 1 atom stereocenters. The molecule has 2 amide bonds. The highest BCUT2D eigenvalue weighted by atomic mass is 35.5. The molecule has 1 aromatic heterocycles. The van der Waals surface area contributed by atoms with Crippen LogP contribution in [0.1, 0.15) is 25.6 Å². The lowest BCUT2D eigenvalue weighted by Gasteiger charge is -2.34. The van der Waals surface area contributed by atoms with Crippen molar-refractivity contribution in [2.45, 2.75) is 32.1 Å². The zero-order valence-electron chi connectivity index (χ0n) is 19.8. The summed E-state index contributed by atoms with van der Waals surface area (Å²) in [6.07, 6.45) is -1.07. The number of amides is 2. The molecule has 0 saturated carbocycles. The number of hydrogen-bond donors (Lipinski definition) is 0. The average molecular weight is 543 g/mol. The Kier molecular flexibility index (Phi) is 6.21. The van der Waals surface area contributed by atoms with Crippen LogP contribution in [-0.2, 0) is 6.54 Å². The van der Waals surface area contributed by atoms with Gasteiger partial charge >= 0.3 is 17.5 Å². The molecule has 8 nitrogen and oxygen atoms in total. The molecule has 0 spiro atoms. The Morgan fingerprint density at radius 1 is 0.892 bits per heavy atom. The van der Waals surface area contributed by atoms with E-state index in [1.54, 1.807) is 68.4 Å². The Morgan fingerprint density at radius 2 is 1.49 bits per heavy atom. The highest BCUT2D eigenvalue weighted by molar-refractivity contribution is 6.31. The van der Waals surface area contributed by atoms with Gasteiger partial charge in [0.1, 0.15) is 5.82 Å². The number of carbonyl (C=O) groups is 1. The third kappa shape index (κ3) is 4.34. The highest BCUT2D eigenvalue weighted by Crippen LogP contribution is 2.43. The first-order valence-corrected chi connectivity index (χ1v) is 12.0. The second kappa shape index (κ2) is 9.24. The first-order valence-electron chi connectivity index (χ1n) is 11.3. The molecule has 1 saturated heterocycles. The monoisotopic (exact) mass is 542 g/mol. The Bertz CT molecular complexity index is 1610. The van der Waals surface area contributed by atoms with Gasteiger partial charge in [-0.25, -0.2) is 18.8 Å². The summed E-state index contributed by atoms with van der Waals surface area (Å²) in [7, 11) is 0. The number of benzene rings is 3. The standard InChI is InChI=1S/C26H21Cl2FN4O4/c1-26(2)22(33-24(35)32(25(36)37-33)21-8-4-6-18(28)14-21)31(20-7-3-5-17(27)13-20)23(34)30(26)15-16-9-11-19(29)12-10-16/h3-14,22H,15H2,1-2H3. The number of aromatic nitrogens is 2. The van der Waals surface area contributed by atoms with Gasteiger partial charge in [0.15, 0.2) is 6.17 Å². The molecular formula is C26H21Cl2FN4O4. The molecular weight excluding hydrogens is 522 g/mol. The molecule has 37 heavy (non-hydrogen) atoms. The summed E-state index contributed by atoms with van der Waals surface area (Å²) in [4.78, 5) is 43.3. The molecule has 0 N–H and O–H groups in total. The molecule has 1 fully saturated rings. The first-order chi connectivity index (χ1) is 17.6. The van der Waals surface area contributed by atoms with Crippen molar-refractivity contribution in [1.82, 2.24) is 14.2 Å². The zero-order chi connectivity index (χ0) is 26.5. The summed E-state index contributed by atoms with van der Waals surface area (Å²) in [6, 6.07) is 18.1. The van der Waals surface area contributed by atoms with Gasteiger partial charge in [0, 0.05) is 22.3 Å². The van der Waals surface area contributed by atoms with Crippen molar-refractivity contribution in [2.24, 2.45) is 0 Å². The SMILES string of the molecule is CC1(C)C(n2oc(=O)n(-c3cccc(Cl)c3)c2=O)N(c2cccc(Cl)c2)C(=O)N1Cc1ccc(F)cc1. The van der Waals surface area contributed by atoms with Gasteiger partial charge in [-0.05, 0) is 67.9 Å². The van der Waals surface area contributed by atoms with Crippen molar-refractivity contribution in [3.05, 3.63) is 115 Å². The van der Waals surface area contributed by atoms with E-state index in [0.29, 0.717) is 21.3 Å². The third-order valence-corrected chi connectivity index (χ3v) is 6.85. The van der Waals surface area contributed by atoms with Crippen LogP contribution in [0.25, 0.3) is 5.69 Å². The molecule has 0 radical (unpaired) electrons. The molecule has 1 unspecified atom stereocenters. The van der Waals surface area contributed by atoms with Crippen LogP contribution in [-0.4, -0.2) is 25.8 Å². The normalized spacial score (nSPS) is 17.0. The maximum absolute atomic E-state index is 13.9. The number of carbonyl (C=O) groups excluding carboxylic acids is 1. The largest absolute Gasteiger partial charge is 0.447 e. The third-order valence-electron chi connectivity index (χ3n) is 6.38. The van der Waals surface area contributed by atoms with Crippen LogP contribution in [0, 0.1) is 5.82 Å². The van der Waals surface area contributed by atoms with E-state index in [2.05, 4.69) is 0 Å². The van der Waals surface area contributed by atoms with Crippen LogP contribution >= 0.6 is 23.2 Å². The summed E-state index contributed by atoms with van der Waals surface area (Å²) < 4.78 is 20.7. The van der Waals surface area contributed by atoms with Gasteiger partial charge < -0.3 is 9.42 Å². The van der Waals surface area contributed by atoms with Gasteiger partial charge in [0.25, 0.3) is 0 Å². The molecule has 1 aliphatic rings. The fraction of sp³-hybridized carbons (Fsp3) is 0.192. The summed E-state index contributed by atoms with van der Waals surface area (Å²) in [5, 5.41) is 0.711. The van der Waals surface area contributed by atoms with Gasteiger partial charge in [-0.15, -0.1) is 4.74 Å². The molecule has 3 aromatic carbocycles. The van der Waals surface area contributed by atoms with Crippen LogP contribution in [0.2, 0.25) is 10.0 Å². The second-order valence-electron chi connectivity index (χ2n) is 9.15. The van der Waals surface area contributed by atoms with Crippen molar-refractivity contribution in [3.8, 4) is 5.69 Å². The molecule has 5 rings (SSSR count). The lowest BCUT2D eigenvalue weighted by Crippen LogP contribution is -2.46. The van der Waals surface area contributed by atoms with Gasteiger partial charge in [0.05, 0.1) is 11.2 Å². The molecule has 190 valence electrons. The summed E-state index contributed by atoms with van der Waals surface area (Å²) in [5.41, 5.74) is -0.547. The van der Waals surface area contributed by atoms with Gasteiger partial charge in [0.2, 0.25) is 0 Å². The fourth-order valence-electron chi connectivity index (χ4n) is 4.58. The van der Waals surface area contributed by atoms with Gasteiger partial charge in [-0.2, -0.15) is 4.57 Å². The van der Waals surface area contributed by atoms with Gasteiger partial charge in [-0.3, -0.25) is 4.90 Å².